The molecule has 8 nitrogen and oxygen atoms in total. The van der Waals surface area contributed by atoms with Crippen LogP contribution in [-0.4, -0.2) is 30.5 Å². The van der Waals surface area contributed by atoms with E-state index in [1.165, 1.54) is 6.20 Å². The molecule has 2 aromatic carbocycles. The number of nitrogens with one attached hydrogen (secondary N) is 2. The minimum Gasteiger partial charge on any atom is -0.382 e. The van der Waals surface area contributed by atoms with Crippen molar-refractivity contribution in [2.24, 2.45) is 0 Å². The molecule has 3 aromatic rings. The molecule has 0 saturated heterocycles. The quantitative estimate of drug-likeness (QED) is 0.621. The number of aromatic nitrogens is 2. The van der Waals surface area contributed by atoms with Crippen molar-refractivity contribution >= 4 is 33.1 Å². The molecule has 1 aromatic heterocycles. The van der Waals surface area contributed by atoms with Crippen molar-refractivity contribution in [2.45, 2.75) is 0 Å². The van der Waals surface area contributed by atoms with Crippen LogP contribution >= 0.6 is 0 Å². The Morgan fingerprint density at radius 1 is 1.04 bits per heavy atom. The number of benzene rings is 2. The standard InChI is InChI=1S/C18H17N5O3S/c1-27(25,26)23-14-9-5-6-12(10-14)15-11-20-17(19)16(22-15)18(24)21-13-7-3-2-4-8-13/h2-11,23H,1H3,(H2,19,20)(H,21,24). The fraction of sp³-hybridized carbons (Fsp3) is 0.0556. The molecule has 3 rings (SSSR count). The summed E-state index contributed by atoms with van der Waals surface area (Å²) in [5.74, 6) is -0.490. The van der Waals surface area contributed by atoms with Gasteiger partial charge in [0.1, 0.15) is 0 Å². The van der Waals surface area contributed by atoms with Gasteiger partial charge in [0.05, 0.1) is 18.1 Å². The van der Waals surface area contributed by atoms with Crippen LogP contribution in [0.1, 0.15) is 10.5 Å². The number of hydrogen-bond donors (Lipinski definition) is 3. The van der Waals surface area contributed by atoms with E-state index in [0.717, 1.165) is 6.26 Å². The van der Waals surface area contributed by atoms with E-state index in [1.807, 2.05) is 6.07 Å². The Bertz CT molecular complexity index is 1090. The number of para-hydroxylation sites is 1. The van der Waals surface area contributed by atoms with Gasteiger partial charge in [-0.25, -0.2) is 18.4 Å². The van der Waals surface area contributed by atoms with E-state index in [4.69, 9.17) is 5.73 Å². The highest BCUT2D eigenvalue weighted by atomic mass is 32.2. The van der Waals surface area contributed by atoms with Gasteiger partial charge >= 0.3 is 0 Å². The molecule has 4 N–H and O–H groups in total. The van der Waals surface area contributed by atoms with Crippen molar-refractivity contribution in [1.29, 1.82) is 0 Å². The first kappa shape index (κ1) is 18.3. The molecule has 0 aliphatic rings. The Labute approximate surface area is 156 Å². The first-order valence-corrected chi connectivity index (χ1v) is 9.78. The van der Waals surface area contributed by atoms with E-state index in [-0.39, 0.29) is 11.5 Å². The summed E-state index contributed by atoms with van der Waals surface area (Å²) in [5.41, 5.74) is 7.75. The molecule has 1 amide bonds. The number of carbonyl (C=O) groups is 1. The van der Waals surface area contributed by atoms with E-state index >= 15 is 0 Å². The Kier molecular flexibility index (Phi) is 5.04. The highest BCUT2D eigenvalue weighted by molar-refractivity contribution is 7.92. The van der Waals surface area contributed by atoms with Gasteiger partial charge in [-0.15, -0.1) is 0 Å². The lowest BCUT2D eigenvalue weighted by Crippen LogP contribution is -2.17. The number of amides is 1. The Balaban J connectivity index is 1.91. The van der Waals surface area contributed by atoms with Crippen molar-refractivity contribution in [3.63, 3.8) is 0 Å². The Morgan fingerprint density at radius 3 is 2.44 bits per heavy atom. The first-order chi connectivity index (χ1) is 12.8. The second-order valence-electron chi connectivity index (χ2n) is 5.76. The van der Waals surface area contributed by atoms with E-state index in [9.17, 15) is 13.2 Å². The summed E-state index contributed by atoms with van der Waals surface area (Å²) in [6.45, 7) is 0. The largest absolute Gasteiger partial charge is 0.382 e. The summed E-state index contributed by atoms with van der Waals surface area (Å²) >= 11 is 0. The SMILES string of the molecule is CS(=O)(=O)Nc1cccc(-c2cnc(N)c(C(=O)Nc3ccccc3)n2)c1. The van der Waals surface area contributed by atoms with Gasteiger partial charge < -0.3 is 11.1 Å². The molecule has 0 radical (unpaired) electrons. The third kappa shape index (κ3) is 4.79. The Hall–Kier alpha value is -3.46. The molecule has 0 bridgehead atoms. The average molecular weight is 383 g/mol. The van der Waals surface area contributed by atoms with Crippen molar-refractivity contribution in [1.82, 2.24) is 9.97 Å². The molecule has 0 aliphatic heterocycles. The summed E-state index contributed by atoms with van der Waals surface area (Å²) in [7, 11) is -3.41. The number of carbonyl (C=O) groups excluding carboxylic acids is 1. The number of nitrogens with zero attached hydrogens (tertiary/aromatic N) is 2. The molecule has 0 unspecified atom stereocenters. The average Bonchev–Trinajstić information content (AvgIpc) is 2.61. The monoisotopic (exact) mass is 383 g/mol. The maximum absolute atomic E-state index is 12.5. The number of nitrogen functional groups attached to an aromatic ring is 1. The van der Waals surface area contributed by atoms with E-state index < -0.39 is 15.9 Å². The van der Waals surface area contributed by atoms with Crippen molar-refractivity contribution in [2.75, 3.05) is 22.0 Å². The van der Waals surface area contributed by atoms with Gasteiger partial charge in [-0.05, 0) is 24.3 Å². The predicted octanol–water partition coefficient (Wildman–Crippen LogP) is 2.35. The molecule has 27 heavy (non-hydrogen) atoms. The lowest BCUT2D eigenvalue weighted by atomic mass is 10.1. The number of hydrogen-bond acceptors (Lipinski definition) is 6. The zero-order chi connectivity index (χ0) is 19.4. The van der Waals surface area contributed by atoms with E-state index in [1.54, 1.807) is 48.5 Å². The molecule has 0 saturated carbocycles. The number of rotatable bonds is 5. The molecule has 9 heteroatoms. The number of anilines is 3. The fourth-order valence-electron chi connectivity index (χ4n) is 2.37. The molecule has 0 atom stereocenters. The molecule has 0 aliphatic carbocycles. The normalized spacial score (nSPS) is 11.0. The second kappa shape index (κ2) is 7.42. The van der Waals surface area contributed by atoms with Gasteiger partial charge in [-0.3, -0.25) is 9.52 Å². The molecular formula is C18H17N5O3S. The van der Waals surface area contributed by atoms with Crippen LogP contribution in [0.5, 0.6) is 0 Å². The van der Waals surface area contributed by atoms with Crippen LogP contribution in [0.4, 0.5) is 17.2 Å². The lowest BCUT2D eigenvalue weighted by Gasteiger charge is -2.09. The van der Waals surface area contributed by atoms with Gasteiger partial charge in [0.15, 0.2) is 11.5 Å². The van der Waals surface area contributed by atoms with Crippen LogP contribution in [0.25, 0.3) is 11.3 Å². The first-order valence-electron chi connectivity index (χ1n) is 7.89. The van der Waals surface area contributed by atoms with Gasteiger partial charge in [0.2, 0.25) is 10.0 Å². The number of sulfonamides is 1. The molecule has 0 fully saturated rings. The second-order valence-corrected chi connectivity index (χ2v) is 7.51. The Morgan fingerprint density at radius 2 is 1.74 bits per heavy atom. The van der Waals surface area contributed by atoms with Gasteiger partial charge in [0.25, 0.3) is 5.91 Å². The van der Waals surface area contributed by atoms with Crippen LogP contribution in [-0.2, 0) is 10.0 Å². The van der Waals surface area contributed by atoms with Gasteiger partial charge in [-0.1, -0.05) is 30.3 Å². The molecule has 1 heterocycles. The zero-order valence-corrected chi connectivity index (χ0v) is 15.2. The third-order valence-corrected chi connectivity index (χ3v) is 4.12. The summed E-state index contributed by atoms with van der Waals surface area (Å²) < 4.78 is 25.2. The lowest BCUT2D eigenvalue weighted by molar-refractivity contribution is 0.102. The maximum Gasteiger partial charge on any atom is 0.278 e. The van der Waals surface area contributed by atoms with Gasteiger partial charge in [-0.2, -0.15) is 0 Å². The van der Waals surface area contributed by atoms with Gasteiger partial charge in [0, 0.05) is 16.9 Å². The molecule has 0 spiro atoms. The summed E-state index contributed by atoms with van der Waals surface area (Å²) in [6, 6.07) is 15.5. The van der Waals surface area contributed by atoms with Crippen molar-refractivity contribution in [3.8, 4) is 11.3 Å². The molecular weight excluding hydrogens is 366 g/mol. The van der Waals surface area contributed by atoms with Crippen LogP contribution in [0.3, 0.4) is 0 Å². The highest BCUT2D eigenvalue weighted by Gasteiger charge is 2.15. The van der Waals surface area contributed by atoms with E-state index in [2.05, 4.69) is 20.0 Å². The van der Waals surface area contributed by atoms with Crippen LogP contribution in [0.15, 0.2) is 60.8 Å². The van der Waals surface area contributed by atoms with Crippen LogP contribution < -0.4 is 15.8 Å². The summed E-state index contributed by atoms with van der Waals surface area (Å²) in [6.07, 6.45) is 2.49. The van der Waals surface area contributed by atoms with Crippen molar-refractivity contribution < 1.29 is 13.2 Å². The minimum atomic E-state index is -3.41. The predicted molar refractivity (Wildman–Crippen MR) is 105 cm³/mol. The zero-order valence-electron chi connectivity index (χ0n) is 14.4. The topological polar surface area (TPSA) is 127 Å². The van der Waals surface area contributed by atoms with Crippen molar-refractivity contribution in [3.05, 3.63) is 66.5 Å². The minimum absolute atomic E-state index is 0.00223. The maximum atomic E-state index is 12.5. The molecule has 138 valence electrons. The van der Waals surface area contributed by atoms with Crippen LogP contribution in [0, 0.1) is 0 Å². The van der Waals surface area contributed by atoms with Crippen LogP contribution in [0.2, 0.25) is 0 Å². The third-order valence-electron chi connectivity index (χ3n) is 3.51. The smallest absolute Gasteiger partial charge is 0.278 e. The summed E-state index contributed by atoms with van der Waals surface area (Å²) in [5, 5.41) is 2.71. The summed E-state index contributed by atoms with van der Waals surface area (Å²) in [4.78, 5) is 20.8. The fourth-order valence-corrected chi connectivity index (χ4v) is 2.93. The number of nitrogens with two attached hydrogens (primary N) is 1. The highest BCUT2D eigenvalue weighted by Crippen LogP contribution is 2.23. The van der Waals surface area contributed by atoms with E-state index in [0.29, 0.717) is 22.6 Å².